The Morgan fingerprint density at radius 1 is 0.464 bits per heavy atom. The highest BCUT2D eigenvalue weighted by atomic mass is 32.2. The van der Waals surface area contributed by atoms with Crippen LogP contribution in [-0.4, -0.2) is 136 Å². The van der Waals surface area contributed by atoms with Crippen molar-refractivity contribution in [2.75, 3.05) is 118 Å². The van der Waals surface area contributed by atoms with Gasteiger partial charge in [-0.15, -0.1) is 23.5 Å². The molecule has 166 valence electrons. The van der Waals surface area contributed by atoms with Crippen LogP contribution >= 0.6 is 23.5 Å². The molecule has 0 saturated carbocycles. The molecule has 0 bridgehead atoms. The van der Waals surface area contributed by atoms with Crippen LogP contribution in [0, 0.1) is 0 Å². The molecule has 2 heterocycles. The summed E-state index contributed by atoms with van der Waals surface area (Å²) in [6.45, 7) is 10.8. The zero-order valence-electron chi connectivity index (χ0n) is 19.9. The third-order valence-electron chi connectivity index (χ3n) is 7.11. The molecule has 4 nitrogen and oxygen atoms in total. The Hall–Kier alpha value is 0.540. The number of thioether (sulfide) groups is 2. The molecule has 0 unspecified atom stereocenters. The van der Waals surface area contributed by atoms with E-state index in [2.05, 4.69) is 65.8 Å². The first-order chi connectivity index (χ1) is 13.0. The molecule has 2 fully saturated rings. The van der Waals surface area contributed by atoms with Crippen molar-refractivity contribution < 1.29 is 17.9 Å². The topological polar surface area (TPSA) is 0 Å². The van der Waals surface area contributed by atoms with Crippen LogP contribution in [0.2, 0.25) is 0 Å². The van der Waals surface area contributed by atoms with E-state index in [-0.39, 0.29) is 0 Å². The summed E-state index contributed by atoms with van der Waals surface area (Å²) in [6.07, 6.45) is 5.69. The third-order valence-corrected chi connectivity index (χ3v) is 9.88. The Morgan fingerprint density at radius 2 is 0.786 bits per heavy atom. The fraction of sp³-hybridized carbons (Fsp3) is 1.00. The molecule has 2 rings (SSSR count). The summed E-state index contributed by atoms with van der Waals surface area (Å²) in [5.74, 6) is 5.37. The van der Waals surface area contributed by atoms with Crippen LogP contribution in [0.4, 0.5) is 0 Å². The van der Waals surface area contributed by atoms with Gasteiger partial charge in [0.25, 0.3) is 0 Å². The van der Waals surface area contributed by atoms with Crippen LogP contribution in [0.25, 0.3) is 0 Å². The van der Waals surface area contributed by atoms with Gasteiger partial charge in [0.2, 0.25) is 0 Å². The molecule has 6 heteroatoms. The number of hydrogen-bond acceptors (Lipinski definition) is 2. The van der Waals surface area contributed by atoms with Gasteiger partial charge in [-0.2, -0.15) is 0 Å². The van der Waals surface area contributed by atoms with E-state index in [0.717, 1.165) is 0 Å². The van der Waals surface area contributed by atoms with Crippen LogP contribution < -0.4 is 0 Å². The molecule has 2 saturated heterocycles. The van der Waals surface area contributed by atoms with Crippen molar-refractivity contribution in [1.29, 1.82) is 0 Å². The van der Waals surface area contributed by atoms with Crippen molar-refractivity contribution in [3.8, 4) is 0 Å². The summed E-state index contributed by atoms with van der Waals surface area (Å²) < 4.78 is 5.00. The molecule has 0 aromatic carbocycles. The average Bonchev–Trinajstić information content (AvgIpc) is 2.63. The highest BCUT2D eigenvalue weighted by Gasteiger charge is 2.35. The Kier molecular flexibility index (Phi) is 9.50. The van der Waals surface area contributed by atoms with E-state index in [1.165, 1.54) is 119 Å². The Bertz CT molecular complexity index is 405. The number of rotatable bonds is 11. The lowest BCUT2D eigenvalue weighted by Crippen LogP contribution is -2.62. The molecular weight excluding hydrogens is 384 g/mol. The molecular formula is C22H50N4S2+4. The lowest BCUT2D eigenvalue weighted by molar-refractivity contribution is -1.00. The van der Waals surface area contributed by atoms with Crippen molar-refractivity contribution in [1.82, 2.24) is 0 Å². The third kappa shape index (κ3) is 9.13. The number of quaternary nitrogens is 4. The summed E-state index contributed by atoms with van der Waals surface area (Å²) in [7, 11) is 14.4. The van der Waals surface area contributed by atoms with E-state index in [4.69, 9.17) is 0 Å². The predicted octanol–water partition coefficient (Wildman–Crippen LogP) is 3.00. The molecule has 0 atom stereocenters. The minimum atomic E-state index is 1.21. The van der Waals surface area contributed by atoms with E-state index in [9.17, 15) is 0 Å². The summed E-state index contributed by atoms with van der Waals surface area (Å²) in [6, 6.07) is 0. The van der Waals surface area contributed by atoms with E-state index in [1.54, 1.807) is 0 Å². The maximum atomic E-state index is 2.47. The SMILES string of the molecule is C[N+]1(C)CC[N+](C)(CSCCCCCCSC[N+]2(C)CC[N+](C)(C)CC2)CC1. The Morgan fingerprint density at radius 3 is 1.11 bits per heavy atom. The van der Waals surface area contributed by atoms with Gasteiger partial charge in [0.05, 0.1) is 42.3 Å². The Labute approximate surface area is 185 Å². The zero-order chi connectivity index (χ0) is 20.7. The zero-order valence-corrected chi connectivity index (χ0v) is 21.6. The number of unbranched alkanes of at least 4 members (excludes halogenated alkanes) is 3. The first-order valence-electron chi connectivity index (χ1n) is 11.5. The quantitative estimate of drug-likeness (QED) is 0.362. The lowest BCUT2D eigenvalue weighted by atomic mass is 10.2. The number of piperazine rings is 2. The second-order valence-corrected chi connectivity index (χ2v) is 13.5. The maximum Gasteiger partial charge on any atom is 0.129 e. The monoisotopic (exact) mass is 434 g/mol. The van der Waals surface area contributed by atoms with Crippen molar-refractivity contribution in [2.45, 2.75) is 25.7 Å². The number of hydrogen-bond donors (Lipinski definition) is 0. The molecule has 0 aromatic rings. The molecule has 0 amide bonds. The fourth-order valence-electron chi connectivity index (χ4n) is 4.09. The standard InChI is InChI=1S/C22H50N4S2/c1-23(2)11-15-25(5,16-12-23)21-27-19-9-7-8-10-20-28-22-26(6)17-13-24(3,4)14-18-26/h7-22H2,1-6H3/q+4. The Balaban J connectivity index is 1.41. The maximum absolute atomic E-state index is 2.47. The highest BCUT2D eigenvalue weighted by molar-refractivity contribution is 7.99. The molecule has 2 aliphatic heterocycles. The van der Waals surface area contributed by atoms with Gasteiger partial charge < -0.3 is 17.9 Å². The van der Waals surface area contributed by atoms with Gasteiger partial charge in [0.15, 0.2) is 0 Å². The van der Waals surface area contributed by atoms with Gasteiger partial charge in [-0.25, -0.2) is 0 Å². The predicted molar refractivity (Wildman–Crippen MR) is 129 cm³/mol. The lowest BCUT2D eigenvalue weighted by Gasteiger charge is -2.44. The largest absolute Gasteiger partial charge is 0.319 e. The van der Waals surface area contributed by atoms with E-state index < -0.39 is 0 Å². The van der Waals surface area contributed by atoms with Gasteiger partial charge in [-0.05, 0) is 24.3 Å². The van der Waals surface area contributed by atoms with Crippen LogP contribution in [0.3, 0.4) is 0 Å². The van der Waals surface area contributed by atoms with Gasteiger partial charge in [0, 0.05) is 0 Å². The second kappa shape index (κ2) is 10.7. The van der Waals surface area contributed by atoms with Gasteiger partial charge in [0.1, 0.15) is 64.1 Å². The van der Waals surface area contributed by atoms with Gasteiger partial charge in [-0.3, -0.25) is 0 Å². The molecule has 0 aromatic heterocycles. The molecule has 28 heavy (non-hydrogen) atoms. The number of nitrogens with zero attached hydrogens (tertiary/aromatic N) is 4. The minimum Gasteiger partial charge on any atom is -0.319 e. The van der Waals surface area contributed by atoms with Crippen LogP contribution in [0.1, 0.15) is 25.7 Å². The summed E-state index contributed by atoms with van der Waals surface area (Å²) in [5, 5.41) is 0. The molecule has 0 radical (unpaired) electrons. The summed E-state index contributed by atoms with van der Waals surface area (Å²) in [5.41, 5.74) is 0. The van der Waals surface area contributed by atoms with E-state index in [0.29, 0.717) is 0 Å². The average molecular weight is 435 g/mol. The van der Waals surface area contributed by atoms with Crippen molar-refractivity contribution in [3.05, 3.63) is 0 Å². The first-order valence-corrected chi connectivity index (χ1v) is 13.8. The van der Waals surface area contributed by atoms with Gasteiger partial charge in [-0.1, -0.05) is 12.8 Å². The second-order valence-electron chi connectivity index (χ2n) is 11.4. The van der Waals surface area contributed by atoms with E-state index >= 15 is 0 Å². The highest BCUT2D eigenvalue weighted by Crippen LogP contribution is 2.21. The van der Waals surface area contributed by atoms with Crippen LogP contribution in [-0.2, 0) is 0 Å². The van der Waals surface area contributed by atoms with Crippen molar-refractivity contribution in [3.63, 3.8) is 0 Å². The van der Waals surface area contributed by atoms with Crippen molar-refractivity contribution in [2.24, 2.45) is 0 Å². The normalized spacial score (nSPS) is 25.5. The minimum absolute atomic E-state index is 1.21. The smallest absolute Gasteiger partial charge is 0.129 e. The fourth-order valence-corrected chi connectivity index (χ4v) is 6.56. The van der Waals surface area contributed by atoms with E-state index in [1.807, 2.05) is 0 Å². The van der Waals surface area contributed by atoms with Crippen molar-refractivity contribution >= 4 is 23.5 Å². The molecule has 0 aliphatic carbocycles. The van der Waals surface area contributed by atoms with Crippen LogP contribution in [0.5, 0.6) is 0 Å². The van der Waals surface area contributed by atoms with Crippen LogP contribution in [0.15, 0.2) is 0 Å². The number of likely N-dealkylation sites (N-methyl/N-ethyl adjacent to an activating group) is 4. The van der Waals surface area contributed by atoms with Gasteiger partial charge >= 0.3 is 0 Å². The molecule has 0 N–H and O–H groups in total. The molecule has 2 aliphatic rings. The summed E-state index contributed by atoms with van der Waals surface area (Å²) in [4.78, 5) is 0. The summed E-state index contributed by atoms with van der Waals surface area (Å²) >= 11 is 4.40. The molecule has 0 spiro atoms. The first kappa shape index (κ1) is 24.8.